The summed E-state index contributed by atoms with van der Waals surface area (Å²) in [5.74, 6) is 1.19. The zero-order valence-electron chi connectivity index (χ0n) is 12.6. The van der Waals surface area contributed by atoms with E-state index in [0.717, 1.165) is 42.6 Å². The first kappa shape index (κ1) is 14.4. The topological polar surface area (TPSA) is 29.5 Å². The first-order valence-electron chi connectivity index (χ1n) is 7.41. The van der Waals surface area contributed by atoms with Gasteiger partial charge in [-0.15, -0.1) is 0 Å². The third kappa shape index (κ3) is 2.51. The number of aryl methyl sites for hydroxylation is 2. The van der Waals surface area contributed by atoms with Crippen molar-refractivity contribution in [2.75, 3.05) is 7.11 Å². The molecule has 1 aromatic rings. The van der Waals surface area contributed by atoms with Gasteiger partial charge in [-0.25, -0.2) is 0 Å². The summed E-state index contributed by atoms with van der Waals surface area (Å²) in [6, 6.07) is 4.19. The lowest BCUT2D eigenvalue weighted by Crippen LogP contribution is -2.38. The van der Waals surface area contributed by atoms with E-state index < -0.39 is 5.60 Å². The fraction of sp³-hybridized carbons (Fsp3) is 0.647. The number of hydrogen-bond acceptors (Lipinski definition) is 2. The molecular weight excluding hydrogens is 236 g/mol. The molecule has 0 radical (unpaired) electrons. The van der Waals surface area contributed by atoms with Crippen molar-refractivity contribution in [1.29, 1.82) is 0 Å². The summed E-state index contributed by atoms with van der Waals surface area (Å²) in [4.78, 5) is 0. The summed E-state index contributed by atoms with van der Waals surface area (Å²) in [7, 11) is 1.70. The number of benzene rings is 1. The van der Waals surface area contributed by atoms with Crippen LogP contribution in [0.2, 0.25) is 0 Å². The van der Waals surface area contributed by atoms with E-state index in [1.165, 1.54) is 12.0 Å². The Morgan fingerprint density at radius 3 is 2.68 bits per heavy atom. The summed E-state index contributed by atoms with van der Waals surface area (Å²) in [6.45, 7) is 6.34. The normalized spacial score (nSPS) is 27.3. The van der Waals surface area contributed by atoms with E-state index in [-0.39, 0.29) is 0 Å². The highest BCUT2D eigenvalue weighted by atomic mass is 16.5. The maximum absolute atomic E-state index is 11.3. The molecule has 1 saturated carbocycles. The molecule has 1 fully saturated rings. The third-order valence-electron chi connectivity index (χ3n) is 4.63. The first-order chi connectivity index (χ1) is 9.02. The minimum Gasteiger partial charge on any atom is -0.496 e. The molecule has 1 aliphatic rings. The van der Waals surface area contributed by atoms with E-state index in [1.54, 1.807) is 7.11 Å². The van der Waals surface area contributed by atoms with Crippen LogP contribution < -0.4 is 4.74 Å². The van der Waals surface area contributed by atoms with Crippen LogP contribution in [0.4, 0.5) is 0 Å². The number of aliphatic hydroxyl groups is 1. The van der Waals surface area contributed by atoms with Gasteiger partial charge in [0.25, 0.3) is 0 Å². The number of hydrogen-bond donors (Lipinski definition) is 1. The summed E-state index contributed by atoms with van der Waals surface area (Å²) in [5, 5.41) is 11.3. The lowest BCUT2D eigenvalue weighted by Gasteiger charge is -2.41. The van der Waals surface area contributed by atoms with Gasteiger partial charge in [0.15, 0.2) is 0 Å². The van der Waals surface area contributed by atoms with Crippen molar-refractivity contribution in [2.45, 2.75) is 58.5 Å². The van der Waals surface area contributed by atoms with Gasteiger partial charge in [0.05, 0.1) is 12.7 Å². The molecule has 0 bridgehead atoms. The lowest BCUT2D eigenvalue weighted by atomic mass is 9.69. The van der Waals surface area contributed by atoms with Gasteiger partial charge >= 0.3 is 0 Å². The van der Waals surface area contributed by atoms with Gasteiger partial charge in [0.1, 0.15) is 5.75 Å². The Bertz CT molecular complexity index is 453. The van der Waals surface area contributed by atoms with Gasteiger partial charge in [-0.2, -0.15) is 0 Å². The number of ether oxygens (including phenoxy) is 1. The van der Waals surface area contributed by atoms with Crippen molar-refractivity contribution in [3.8, 4) is 5.75 Å². The molecule has 1 N–H and O–H groups in total. The minimum absolute atomic E-state index is 0.344. The van der Waals surface area contributed by atoms with Crippen molar-refractivity contribution in [2.24, 2.45) is 5.92 Å². The van der Waals surface area contributed by atoms with Gasteiger partial charge in [0.2, 0.25) is 0 Å². The number of rotatable bonds is 3. The molecule has 19 heavy (non-hydrogen) atoms. The Morgan fingerprint density at radius 2 is 2.05 bits per heavy atom. The zero-order valence-corrected chi connectivity index (χ0v) is 12.6. The Kier molecular flexibility index (Phi) is 4.19. The van der Waals surface area contributed by atoms with Crippen molar-refractivity contribution < 1.29 is 9.84 Å². The molecule has 106 valence electrons. The van der Waals surface area contributed by atoms with Crippen LogP contribution in [-0.4, -0.2) is 12.2 Å². The predicted octanol–water partition coefficient (Wildman–Crippen LogP) is 4.10. The Morgan fingerprint density at radius 1 is 1.32 bits per heavy atom. The number of methoxy groups -OCH3 is 1. The van der Waals surface area contributed by atoms with Crippen LogP contribution in [0.25, 0.3) is 0 Å². The van der Waals surface area contributed by atoms with Crippen molar-refractivity contribution in [1.82, 2.24) is 0 Å². The zero-order chi connectivity index (χ0) is 14.0. The van der Waals surface area contributed by atoms with E-state index in [1.807, 2.05) is 6.07 Å². The van der Waals surface area contributed by atoms with E-state index >= 15 is 0 Å². The van der Waals surface area contributed by atoms with Gasteiger partial charge in [-0.3, -0.25) is 0 Å². The van der Waals surface area contributed by atoms with Gasteiger partial charge < -0.3 is 9.84 Å². The second-order valence-corrected chi connectivity index (χ2v) is 5.93. The summed E-state index contributed by atoms with van der Waals surface area (Å²) in [5.41, 5.74) is 2.65. The average molecular weight is 262 g/mol. The average Bonchev–Trinajstić information content (AvgIpc) is 2.37. The Balaban J connectivity index is 2.55. The lowest BCUT2D eigenvalue weighted by molar-refractivity contribution is -0.0577. The van der Waals surface area contributed by atoms with E-state index in [9.17, 15) is 5.11 Å². The Hall–Kier alpha value is -1.02. The molecule has 0 spiro atoms. The van der Waals surface area contributed by atoms with Crippen molar-refractivity contribution in [3.05, 3.63) is 28.8 Å². The molecule has 2 unspecified atom stereocenters. The molecular formula is C17H26O2. The van der Waals surface area contributed by atoms with E-state index in [4.69, 9.17) is 4.74 Å². The molecule has 2 rings (SSSR count). The largest absolute Gasteiger partial charge is 0.496 e. The van der Waals surface area contributed by atoms with E-state index in [0.29, 0.717) is 5.92 Å². The fourth-order valence-corrected chi connectivity index (χ4v) is 3.74. The molecule has 2 heteroatoms. The van der Waals surface area contributed by atoms with Crippen LogP contribution in [-0.2, 0) is 5.60 Å². The summed E-state index contributed by atoms with van der Waals surface area (Å²) in [6.07, 6.45) is 5.32. The molecule has 0 amide bonds. The van der Waals surface area contributed by atoms with Crippen LogP contribution in [0.3, 0.4) is 0 Å². The molecule has 0 saturated heterocycles. The van der Waals surface area contributed by atoms with Crippen LogP contribution in [0, 0.1) is 19.8 Å². The maximum atomic E-state index is 11.3. The minimum atomic E-state index is -0.712. The standard InChI is InChI=1S/C17H26O2/c1-5-14-8-6-7-9-17(14,18)16-13(3)10-12(2)11-15(16)19-4/h10-11,14,18H,5-9H2,1-4H3. The van der Waals surface area contributed by atoms with Gasteiger partial charge in [0, 0.05) is 5.56 Å². The quantitative estimate of drug-likeness (QED) is 0.888. The molecule has 0 aliphatic heterocycles. The summed E-state index contributed by atoms with van der Waals surface area (Å²) < 4.78 is 5.56. The molecule has 2 nitrogen and oxygen atoms in total. The maximum Gasteiger partial charge on any atom is 0.125 e. The molecule has 1 aromatic carbocycles. The van der Waals surface area contributed by atoms with Crippen molar-refractivity contribution >= 4 is 0 Å². The SMILES string of the molecule is CCC1CCCCC1(O)c1c(C)cc(C)cc1OC. The molecule has 0 aromatic heterocycles. The predicted molar refractivity (Wildman–Crippen MR) is 78.6 cm³/mol. The van der Waals surface area contributed by atoms with Crippen LogP contribution in [0.1, 0.15) is 55.7 Å². The second-order valence-electron chi connectivity index (χ2n) is 5.93. The second kappa shape index (κ2) is 5.54. The Labute approximate surface area is 116 Å². The smallest absolute Gasteiger partial charge is 0.125 e. The molecule has 0 heterocycles. The van der Waals surface area contributed by atoms with Crippen LogP contribution in [0.15, 0.2) is 12.1 Å². The molecule has 2 atom stereocenters. The summed E-state index contributed by atoms with van der Waals surface area (Å²) >= 11 is 0. The first-order valence-corrected chi connectivity index (χ1v) is 7.41. The van der Waals surface area contributed by atoms with Crippen molar-refractivity contribution in [3.63, 3.8) is 0 Å². The van der Waals surface area contributed by atoms with Crippen LogP contribution in [0.5, 0.6) is 5.75 Å². The third-order valence-corrected chi connectivity index (χ3v) is 4.63. The van der Waals surface area contributed by atoms with Crippen LogP contribution >= 0.6 is 0 Å². The monoisotopic (exact) mass is 262 g/mol. The highest BCUT2D eigenvalue weighted by Crippen LogP contribution is 2.47. The fourth-order valence-electron chi connectivity index (χ4n) is 3.74. The van der Waals surface area contributed by atoms with E-state index in [2.05, 4.69) is 26.8 Å². The highest BCUT2D eigenvalue weighted by molar-refractivity contribution is 5.47. The van der Waals surface area contributed by atoms with Gasteiger partial charge in [-0.05, 0) is 49.8 Å². The molecule has 1 aliphatic carbocycles. The highest BCUT2D eigenvalue weighted by Gasteiger charge is 2.42. The van der Waals surface area contributed by atoms with Gasteiger partial charge in [-0.1, -0.05) is 32.3 Å².